The van der Waals surface area contributed by atoms with E-state index in [2.05, 4.69) is 37.9 Å². The highest BCUT2D eigenvalue weighted by molar-refractivity contribution is 4.75. The van der Waals surface area contributed by atoms with Gasteiger partial charge < -0.3 is 10.2 Å². The van der Waals surface area contributed by atoms with Crippen LogP contribution in [0.5, 0.6) is 0 Å². The first kappa shape index (κ1) is 13.0. The van der Waals surface area contributed by atoms with Crippen molar-refractivity contribution in [2.45, 2.75) is 46.6 Å². The van der Waals surface area contributed by atoms with E-state index in [1.807, 2.05) is 0 Å². The third kappa shape index (κ3) is 4.98. The summed E-state index contributed by atoms with van der Waals surface area (Å²) in [5.74, 6) is 1.66. The Balaban J connectivity index is 2.35. The van der Waals surface area contributed by atoms with Crippen LogP contribution in [0, 0.1) is 11.8 Å². The first-order valence-electron chi connectivity index (χ1n) is 6.54. The minimum absolute atomic E-state index is 0.689. The molecule has 0 aromatic heterocycles. The predicted octanol–water partition coefficient (Wildman–Crippen LogP) is 2.35. The summed E-state index contributed by atoms with van der Waals surface area (Å²) < 4.78 is 0. The number of nitrogens with one attached hydrogen (secondary N) is 1. The zero-order valence-electron chi connectivity index (χ0n) is 10.9. The van der Waals surface area contributed by atoms with Crippen molar-refractivity contribution >= 4 is 0 Å². The van der Waals surface area contributed by atoms with Gasteiger partial charge in [0.1, 0.15) is 0 Å². The van der Waals surface area contributed by atoms with Gasteiger partial charge in [-0.05, 0) is 51.6 Å². The lowest BCUT2D eigenvalue weighted by atomic mass is 9.98. The second-order valence-electron chi connectivity index (χ2n) is 5.65. The quantitative estimate of drug-likeness (QED) is 0.752. The fourth-order valence-corrected chi connectivity index (χ4v) is 2.38. The largest absolute Gasteiger partial charge is 0.316 e. The summed E-state index contributed by atoms with van der Waals surface area (Å²) in [7, 11) is 0. The van der Waals surface area contributed by atoms with Crippen LogP contribution >= 0.6 is 0 Å². The molecule has 1 N–H and O–H groups in total. The van der Waals surface area contributed by atoms with E-state index >= 15 is 0 Å². The maximum Gasteiger partial charge on any atom is 0.00388 e. The van der Waals surface area contributed by atoms with Gasteiger partial charge in [0.05, 0.1) is 0 Å². The lowest BCUT2D eigenvalue weighted by Gasteiger charge is -2.33. The van der Waals surface area contributed by atoms with Crippen LogP contribution in [0.1, 0.15) is 40.5 Å². The zero-order valence-corrected chi connectivity index (χ0v) is 10.9. The van der Waals surface area contributed by atoms with E-state index in [1.54, 1.807) is 0 Å². The molecule has 90 valence electrons. The normalized spacial score (nSPS) is 23.0. The van der Waals surface area contributed by atoms with Gasteiger partial charge in [-0.3, -0.25) is 0 Å². The Morgan fingerprint density at radius 1 is 1.27 bits per heavy atom. The Hall–Kier alpha value is -0.0800. The van der Waals surface area contributed by atoms with E-state index in [0.717, 1.165) is 11.8 Å². The minimum Gasteiger partial charge on any atom is -0.316 e. The molecule has 2 nitrogen and oxygen atoms in total. The van der Waals surface area contributed by atoms with Gasteiger partial charge in [-0.1, -0.05) is 13.8 Å². The van der Waals surface area contributed by atoms with Crippen molar-refractivity contribution < 1.29 is 0 Å². The van der Waals surface area contributed by atoms with Crippen LogP contribution in [0.2, 0.25) is 0 Å². The first-order valence-corrected chi connectivity index (χ1v) is 6.54. The van der Waals surface area contributed by atoms with Gasteiger partial charge >= 0.3 is 0 Å². The van der Waals surface area contributed by atoms with Crippen LogP contribution in [0.15, 0.2) is 0 Å². The minimum atomic E-state index is 0.689. The third-order valence-corrected chi connectivity index (χ3v) is 3.22. The van der Waals surface area contributed by atoms with Gasteiger partial charge in [-0.2, -0.15) is 0 Å². The van der Waals surface area contributed by atoms with Crippen LogP contribution in [-0.4, -0.2) is 37.1 Å². The molecule has 1 rings (SSSR count). The topological polar surface area (TPSA) is 15.3 Å². The zero-order chi connectivity index (χ0) is 11.3. The summed E-state index contributed by atoms with van der Waals surface area (Å²) in [6.45, 7) is 14.2. The molecular weight excluding hydrogens is 184 g/mol. The van der Waals surface area contributed by atoms with E-state index in [-0.39, 0.29) is 0 Å². The van der Waals surface area contributed by atoms with Crippen LogP contribution in [-0.2, 0) is 0 Å². The first-order chi connectivity index (χ1) is 7.09. The van der Waals surface area contributed by atoms with E-state index in [9.17, 15) is 0 Å². The molecule has 1 aliphatic heterocycles. The molecule has 0 spiro atoms. The van der Waals surface area contributed by atoms with Crippen molar-refractivity contribution in [3.05, 3.63) is 0 Å². The molecule has 1 aliphatic rings. The van der Waals surface area contributed by atoms with E-state index in [4.69, 9.17) is 0 Å². The Bertz CT molecular complexity index is 160. The fourth-order valence-electron chi connectivity index (χ4n) is 2.38. The molecule has 0 bridgehead atoms. The molecule has 0 aromatic rings. The lowest BCUT2D eigenvalue weighted by molar-refractivity contribution is 0.155. The number of hydrogen-bond acceptors (Lipinski definition) is 2. The highest BCUT2D eigenvalue weighted by atomic mass is 15.2. The maximum absolute atomic E-state index is 3.51. The molecular formula is C13H28N2. The second kappa shape index (κ2) is 6.49. The van der Waals surface area contributed by atoms with Crippen molar-refractivity contribution in [3.63, 3.8) is 0 Å². The molecule has 1 fully saturated rings. The van der Waals surface area contributed by atoms with Crippen molar-refractivity contribution in [1.29, 1.82) is 0 Å². The van der Waals surface area contributed by atoms with Crippen molar-refractivity contribution in [2.75, 3.05) is 26.2 Å². The smallest absolute Gasteiger partial charge is 0.00388 e. The Kier molecular flexibility index (Phi) is 5.62. The molecule has 0 saturated carbocycles. The van der Waals surface area contributed by atoms with E-state index < -0.39 is 0 Å². The highest BCUT2D eigenvalue weighted by Gasteiger charge is 2.19. The van der Waals surface area contributed by atoms with Crippen LogP contribution in [0.3, 0.4) is 0 Å². The summed E-state index contributed by atoms with van der Waals surface area (Å²) >= 11 is 0. The lowest BCUT2D eigenvalue weighted by Crippen LogP contribution is -2.42. The van der Waals surface area contributed by atoms with Crippen molar-refractivity contribution in [1.82, 2.24) is 10.2 Å². The predicted molar refractivity (Wildman–Crippen MR) is 67.1 cm³/mol. The summed E-state index contributed by atoms with van der Waals surface area (Å²) in [6.07, 6.45) is 2.77. The Labute approximate surface area is 95.4 Å². The Morgan fingerprint density at radius 3 is 2.47 bits per heavy atom. The summed E-state index contributed by atoms with van der Waals surface area (Å²) in [5.41, 5.74) is 0. The van der Waals surface area contributed by atoms with Crippen LogP contribution < -0.4 is 5.32 Å². The fraction of sp³-hybridized carbons (Fsp3) is 1.00. The average Bonchev–Trinajstić information content (AvgIpc) is 2.17. The van der Waals surface area contributed by atoms with Crippen LogP contribution in [0.4, 0.5) is 0 Å². The molecule has 0 amide bonds. The third-order valence-electron chi connectivity index (χ3n) is 3.22. The second-order valence-corrected chi connectivity index (χ2v) is 5.65. The molecule has 15 heavy (non-hydrogen) atoms. The molecule has 0 radical (unpaired) electrons. The molecule has 1 saturated heterocycles. The molecule has 1 atom stereocenters. The summed E-state index contributed by atoms with van der Waals surface area (Å²) in [6, 6.07) is 0.689. The van der Waals surface area contributed by atoms with Crippen molar-refractivity contribution in [3.8, 4) is 0 Å². The van der Waals surface area contributed by atoms with Gasteiger partial charge in [-0.25, -0.2) is 0 Å². The van der Waals surface area contributed by atoms with Gasteiger partial charge in [0.25, 0.3) is 0 Å². The number of rotatable bonds is 5. The number of nitrogens with zero attached hydrogens (tertiary/aromatic N) is 1. The number of hydrogen-bond donors (Lipinski definition) is 1. The van der Waals surface area contributed by atoms with Crippen LogP contribution in [0.25, 0.3) is 0 Å². The Morgan fingerprint density at radius 2 is 2.00 bits per heavy atom. The molecule has 1 unspecified atom stereocenters. The number of piperidine rings is 1. The standard InChI is InChI=1S/C13H28N2/c1-11(2)9-15(12(3)4)10-13-6-5-7-14-8-13/h11-14H,5-10H2,1-4H3. The monoisotopic (exact) mass is 212 g/mol. The van der Waals surface area contributed by atoms with Gasteiger partial charge in [0.15, 0.2) is 0 Å². The summed E-state index contributed by atoms with van der Waals surface area (Å²) in [4.78, 5) is 2.64. The summed E-state index contributed by atoms with van der Waals surface area (Å²) in [5, 5.41) is 3.51. The van der Waals surface area contributed by atoms with Gasteiger partial charge in [-0.15, -0.1) is 0 Å². The van der Waals surface area contributed by atoms with E-state index in [1.165, 1.54) is 39.0 Å². The average molecular weight is 212 g/mol. The maximum atomic E-state index is 3.51. The van der Waals surface area contributed by atoms with Crippen molar-refractivity contribution in [2.24, 2.45) is 11.8 Å². The highest BCUT2D eigenvalue weighted by Crippen LogP contribution is 2.14. The molecule has 1 heterocycles. The SMILES string of the molecule is CC(C)CN(CC1CCCNC1)C(C)C. The molecule has 0 aliphatic carbocycles. The van der Waals surface area contributed by atoms with Gasteiger partial charge in [0, 0.05) is 19.1 Å². The van der Waals surface area contributed by atoms with E-state index in [0.29, 0.717) is 6.04 Å². The molecule has 0 aromatic carbocycles. The molecule has 2 heteroatoms. The van der Waals surface area contributed by atoms with Gasteiger partial charge in [0.2, 0.25) is 0 Å².